The third-order valence-electron chi connectivity index (χ3n) is 5.86. The molecule has 0 spiro atoms. The highest BCUT2D eigenvalue weighted by molar-refractivity contribution is 7.89. The van der Waals surface area contributed by atoms with Gasteiger partial charge in [-0.3, -0.25) is 4.79 Å². The van der Waals surface area contributed by atoms with Gasteiger partial charge in [0.1, 0.15) is 5.75 Å². The van der Waals surface area contributed by atoms with Crippen molar-refractivity contribution < 1.29 is 17.9 Å². The maximum Gasteiger partial charge on any atom is 0.251 e. The Bertz CT molecular complexity index is 1220. The van der Waals surface area contributed by atoms with Crippen LogP contribution in [-0.2, 0) is 16.6 Å². The van der Waals surface area contributed by atoms with Crippen LogP contribution in [0.1, 0.15) is 42.1 Å². The highest BCUT2D eigenvalue weighted by Gasteiger charge is 2.26. The van der Waals surface area contributed by atoms with Crippen LogP contribution in [0.4, 0.5) is 0 Å². The summed E-state index contributed by atoms with van der Waals surface area (Å²) in [6.45, 7) is 4.33. The van der Waals surface area contributed by atoms with Gasteiger partial charge in [0.15, 0.2) is 0 Å². The number of hydrogen-bond acceptors (Lipinski definition) is 4. The fraction of sp³-hybridized carbons (Fsp3) is 0.296. The number of nitrogens with zero attached hydrogens (tertiary/aromatic N) is 1. The Morgan fingerprint density at radius 3 is 2.32 bits per heavy atom. The zero-order valence-electron chi connectivity index (χ0n) is 19.4. The van der Waals surface area contributed by atoms with Crippen molar-refractivity contribution in [3.8, 4) is 16.9 Å². The first kappa shape index (κ1) is 24.0. The molecular formula is C27H30N2O4S. The zero-order valence-corrected chi connectivity index (χ0v) is 20.2. The quantitative estimate of drug-likeness (QED) is 0.477. The van der Waals surface area contributed by atoms with Gasteiger partial charge in [0, 0.05) is 25.2 Å². The van der Waals surface area contributed by atoms with Gasteiger partial charge in [-0.05, 0) is 72.4 Å². The van der Waals surface area contributed by atoms with Gasteiger partial charge >= 0.3 is 0 Å². The highest BCUT2D eigenvalue weighted by atomic mass is 32.2. The van der Waals surface area contributed by atoms with Crippen LogP contribution in [-0.4, -0.2) is 38.3 Å². The summed E-state index contributed by atoms with van der Waals surface area (Å²) in [6.07, 6.45) is 2.77. The van der Waals surface area contributed by atoms with Crippen molar-refractivity contribution in [3.63, 3.8) is 0 Å². The first-order valence-electron chi connectivity index (χ1n) is 11.7. The largest absolute Gasteiger partial charge is 0.494 e. The molecule has 34 heavy (non-hydrogen) atoms. The fourth-order valence-electron chi connectivity index (χ4n) is 3.94. The van der Waals surface area contributed by atoms with E-state index >= 15 is 0 Å². The van der Waals surface area contributed by atoms with Crippen LogP contribution in [0.15, 0.2) is 77.7 Å². The summed E-state index contributed by atoms with van der Waals surface area (Å²) in [5.41, 5.74) is 3.25. The van der Waals surface area contributed by atoms with Crippen LogP contribution in [0.3, 0.4) is 0 Å². The van der Waals surface area contributed by atoms with E-state index in [0.717, 1.165) is 41.7 Å². The molecule has 7 heteroatoms. The van der Waals surface area contributed by atoms with Crippen molar-refractivity contribution >= 4 is 15.9 Å². The van der Waals surface area contributed by atoms with Crippen LogP contribution in [0, 0.1) is 0 Å². The molecule has 0 atom stereocenters. The van der Waals surface area contributed by atoms with Crippen molar-refractivity contribution in [1.29, 1.82) is 0 Å². The summed E-state index contributed by atoms with van der Waals surface area (Å²) < 4.78 is 32.6. The van der Waals surface area contributed by atoms with E-state index in [1.54, 1.807) is 34.6 Å². The molecule has 1 N–H and O–H groups in total. The Hall–Kier alpha value is -3.16. The molecule has 1 aliphatic heterocycles. The first-order valence-corrected chi connectivity index (χ1v) is 13.1. The molecule has 1 aliphatic rings. The second-order valence-electron chi connectivity index (χ2n) is 8.39. The molecule has 0 radical (unpaired) electrons. The molecule has 1 saturated heterocycles. The molecule has 178 valence electrons. The lowest BCUT2D eigenvalue weighted by Gasteiger charge is -2.15. The Labute approximate surface area is 201 Å². The third kappa shape index (κ3) is 5.66. The van der Waals surface area contributed by atoms with Crippen molar-refractivity contribution in [1.82, 2.24) is 9.62 Å². The predicted molar refractivity (Wildman–Crippen MR) is 133 cm³/mol. The number of carbonyl (C=O) groups excluding carboxylic acids is 1. The van der Waals surface area contributed by atoms with E-state index < -0.39 is 10.0 Å². The lowest BCUT2D eigenvalue weighted by Crippen LogP contribution is -2.27. The minimum absolute atomic E-state index is 0.165. The number of ether oxygens (including phenoxy) is 1. The predicted octanol–water partition coefficient (Wildman–Crippen LogP) is 4.86. The number of sulfonamides is 1. The van der Waals surface area contributed by atoms with E-state index in [9.17, 15) is 13.2 Å². The van der Waals surface area contributed by atoms with Crippen LogP contribution >= 0.6 is 0 Å². The maximum atomic E-state index is 12.7. The Kier molecular flexibility index (Phi) is 7.65. The average Bonchev–Trinajstić information content (AvgIpc) is 3.43. The zero-order chi connectivity index (χ0) is 24.0. The summed E-state index contributed by atoms with van der Waals surface area (Å²) in [5, 5.41) is 2.95. The highest BCUT2D eigenvalue weighted by Crippen LogP contribution is 2.25. The number of benzene rings is 3. The Balaban J connectivity index is 1.40. The van der Waals surface area contributed by atoms with E-state index in [1.807, 2.05) is 42.5 Å². The summed E-state index contributed by atoms with van der Waals surface area (Å²) >= 11 is 0. The van der Waals surface area contributed by atoms with Gasteiger partial charge in [-0.15, -0.1) is 0 Å². The Morgan fingerprint density at radius 2 is 1.65 bits per heavy atom. The number of rotatable bonds is 9. The van der Waals surface area contributed by atoms with E-state index in [0.29, 0.717) is 36.7 Å². The molecule has 1 fully saturated rings. The number of hydrogen-bond donors (Lipinski definition) is 1. The summed E-state index contributed by atoms with van der Waals surface area (Å²) in [5.74, 6) is 0.658. The lowest BCUT2D eigenvalue weighted by molar-refractivity contribution is 0.0951. The van der Waals surface area contributed by atoms with Crippen molar-refractivity contribution in [3.05, 3.63) is 83.9 Å². The van der Waals surface area contributed by atoms with Crippen molar-refractivity contribution in [2.45, 2.75) is 37.6 Å². The van der Waals surface area contributed by atoms with Gasteiger partial charge in [-0.1, -0.05) is 43.3 Å². The molecule has 1 amide bonds. The van der Waals surface area contributed by atoms with Crippen molar-refractivity contribution in [2.24, 2.45) is 0 Å². The normalized spacial score (nSPS) is 14.1. The SMILES string of the molecule is CCCOc1ccc(CNC(=O)c2cccc(-c3ccc(S(=O)(=O)N4CCCC4)cc3)c2)cc1. The smallest absolute Gasteiger partial charge is 0.251 e. The Morgan fingerprint density at radius 1 is 0.941 bits per heavy atom. The monoisotopic (exact) mass is 478 g/mol. The summed E-state index contributed by atoms with van der Waals surface area (Å²) in [4.78, 5) is 13.0. The minimum atomic E-state index is -3.44. The van der Waals surface area contributed by atoms with E-state index in [2.05, 4.69) is 12.2 Å². The molecule has 3 aromatic carbocycles. The van der Waals surface area contributed by atoms with Crippen LogP contribution < -0.4 is 10.1 Å². The van der Waals surface area contributed by atoms with Gasteiger partial charge in [-0.2, -0.15) is 4.31 Å². The van der Waals surface area contributed by atoms with Gasteiger partial charge < -0.3 is 10.1 Å². The molecule has 0 aliphatic carbocycles. The molecule has 3 aromatic rings. The lowest BCUT2D eigenvalue weighted by atomic mass is 10.0. The van der Waals surface area contributed by atoms with Crippen LogP contribution in [0.25, 0.3) is 11.1 Å². The van der Waals surface area contributed by atoms with Crippen molar-refractivity contribution in [2.75, 3.05) is 19.7 Å². The maximum absolute atomic E-state index is 12.7. The second-order valence-corrected chi connectivity index (χ2v) is 10.3. The molecule has 0 bridgehead atoms. The molecule has 0 aromatic heterocycles. The van der Waals surface area contributed by atoms with Crippen LogP contribution in [0.5, 0.6) is 5.75 Å². The van der Waals surface area contributed by atoms with Gasteiger partial charge in [0.25, 0.3) is 5.91 Å². The molecule has 0 unspecified atom stereocenters. The minimum Gasteiger partial charge on any atom is -0.494 e. The third-order valence-corrected chi connectivity index (χ3v) is 7.78. The van der Waals surface area contributed by atoms with Gasteiger partial charge in [0.05, 0.1) is 11.5 Å². The van der Waals surface area contributed by atoms with Crippen LogP contribution in [0.2, 0.25) is 0 Å². The number of nitrogens with one attached hydrogen (secondary N) is 1. The second kappa shape index (κ2) is 10.8. The van der Waals surface area contributed by atoms with E-state index in [-0.39, 0.29) is 5.91 Å². The number of amides is 1. The fourth-order valence-corrected chi connectivity index (χ4v) is 5.46. The number of carbonyl (C=O) groups is 1. The molecular weight excluding hydrogens is 448 g/mol. The molecule has 0 saturated carbocycles. The van der Waals surface area contributed by atoms with E-state index in [4.69, 9.17) is 4.74 Å². The standard InChI is InChI=1S/C27H30N2O4S/c1-2-18-33-25-12-8-21(9-13-25)20-28-27(30)24-7-5-6-23(19-24)22-10-14-26(15-11-22)34(31,32)29-16-3-4-17-29/h5-15,19H,2-4,16-18,20H2,1H3,(H,28,30). The summed E-state index contributed by atoms with van der Waals surface area (Å²) in [7, 11) is -3.44. The van der Waals surface area contributed by atoms with E-state index in [1.165, 1.54) is 0 Å². The molecule has 4 rings (SSSR count). The summed E-state index contributed by atoms with van der Waals surface area (Å²) in [6, 6.07) is 21.9. The first-order chi connectivity index (χ1) is 16.5. The van der Waals surface area contributed by atoms with Gasteiger partial charge in [0.2, 0.25) is 10.0 Å². The molecule has 1 heterocycles. The molecule has 6 nitrogen and oxygen atoms in total. The van der Waals surface area contributed by atoms with Gasteiger partial charge in [-0.25, -0.2) is 8.42 Å². The average molecular weight is 479 g/mol. The topological polar surface area (TPSA) is 75.7 Å².